The van der Waals surface area contributed by atoms with Gasteiger partial charge >= 0.3 is 0 Å². The zero-order valence-corrected chi connectivity index (χ0v) is 12.1. The standard InChI is InChI=1S/C14H9Cl2N3O2/c15-11-5-6-12(16)19-13(11)14(20)18-9-1-3-10(4-2-9)21-8-7-17/h1-6H,8H2,(H,18,20). The summed E-state index contributed by atoms with van der Waals surface area (Å²) >= 11 is 11.6. The first-order valence-electron chi connectivity index (χ1n) is 5.83. The molecule has 1 heterocycles. The lowest BCUT2D eigenvalue weighted by Crippen LogP contribution is -2.14. The molecular formula is C14H9Cl2N3O2. The van der Waals surface area contributed by atoms with Gasteiger partial charge in [-0.3, -0.25) is 4.79 Å². The third-order valence-corrected chi connectivity index (χ3v) is 2.96. The molecule has 0 atom stereocenters. The van der Waals surface area contributed by atoms with E-state index in [1.54, 1.807) is 24.3 Å². The Morgan fingerprint density at radius 1 is 1.24 bits per heavy atom. The molecule has 1 aromatic heterocycles. The second-order valence-electron chi connectivity index (χ2n) is 3.89. The maximum atomic E-state index is 12.1. The Kier molecular flexibility index (Phi) is 4.99. The molecule has 5 nitrogen and oxygen atoms in total. The zero-order chi connectivity index (χ0) is 15.2. The Morgan fingerprint density at radius 3 is 2.62 bits per heavy atom. The normalized spacial score (nSPS) is 9.76. The molecule has 0 saturated heterocycles. The van der Waals surface area contributed by atoms with Crippen molar-refractivity contribution >= 4 is 34.8 Å². The maximum absolute atomic E-state index is 12.1. The SMILES string of the molecule is N#CCOc1ccc(NC(=O)c2nc(Cl)ccc2Cl)cc1. The number of benzene rings is 1. The highest BCUT2D eigenvalue weighted by Crippen LogP contribution is 2.20. The fourth-order valence-electron chi connectivity index (χ4n) is 1.52. The number of nitrogens with one attached hydrogen (secondary N) is 1. The van der Waals surface area contributed by atoms with Crippen molar-refractivity contribution in [1.82, 2.24) is 4.98 Å². The number of ether oxygens (including phenoxy) is 1. The third-order valence-electron chi connectivity index (χ3n) is 2.44. The van der Waals surface area contributed by atoms with Crippen LogP contribution in [0.5, 0.6) is 5.75 Å². The molecule has 1 amide bonds. The zero-order valence-electron chi connectivity index (χ0n) is 10.6. The molecule has 2 aromatic rings. The summed E-state index contributed by atoms with van der Waals surface area (Å²) in [7, 11) is 0. The van der Waals surface area contributed by atoms with Gasteiger partial charge in [-0.2, -0.15) is 5.26 Å². The van der Waals surface area contributed by atoms with Crippen LogP contribution in [0, 0.1) is 11.3 Å². The molecule has 0 aliphatic rings. The van der Waals surface area contributed by atoms with Crippen molar-refractivity contribution in [2.75, 3.05) is 11.9 Å². The number of amides is 1. The van der Waals surface area contributed by atoms with Crippen LogP contribution >= 0.6 is 23.2 Å². The molecule has 0 aliphatic carbocycles. The molecule has 1 aromatic carbocycles. The monoisotopic (exact) mass is 321 g/mol. The van der Waals surface area contributed by atoms with Crippen molar-refractivity contribution in [3.05, 3.63) is 52.3 Å². The van der Waals surface area contributed by atoms with Crippen LogP contribution in [0.3, 0.4) is 0 Å². The van der Waals surface area contributed by atoms with E-state index in [2.05, 4.69) is 10.3 Å². The second kappa shape index (κ2) is 6.93. The van der Waals surface area contributed by atoms with Crippen LogP contribution in [-0.4, -0.2) is 17.5 Å². The summed E-state index contributed by atoms with van der Waals surface area (Å²) in [6.45, 7) is -0.0340. The molecular weight excluding hydrogens is 313 g/mol. The van der Waals surface area contributed by atoms with Gasteiger partial charge in [-0.05, 0) is 36.4 Å². The number of carbonyl (C=O) groups is 1. The highest BCUT2D eigenvalue weighted by Gasteiger charge is 2.13. The molecule has 7 heteroatoms. The molecule has 0 aliphatic heterocycles. The van der Waals surface area contributed by atoms with Gasteiger partial charge < -0.3 is 10.1 Å². The minimum atomic E-state index is -0.465. The Labute approximate surface area is 131 Å². The van der Waals surface area contributed by atoms with Gasteiger partial charge in [-0.25, -0.2) is 4.98 Å². The van der Waals surface area contributed by atoms with Crippen molar-refractivity contribution in [2.45, 2.75) is 0 Å². The molecule has 2 rings (SSSR count). The Hall–Kier alpha value is -2.29. The van der Waals surface area contributed by atoms with Crippen LogP contribution in [0.4, 0.5) is 5.69 Å². The van der Waals surface area contributed by atoms with E-state index in [4.69, 9.17) is 33.2 Å². The van der Waals surface area contributed by atoms with Gasteiger partial charge in [0.1, 0.15) is 22.7 Å². The van der Waals surface area contributed by atoms with E-state index in [1.165, 1.54) is 12.1 Å². The summed E-state index contributed by atoms with van der Waals surface area (Å²) < 4.78 is 5.11. The maximum Gasteiger partial charge on any atom is 0.275 e. The smallest absolute Gasteiger partial charge is 0.275 e. The average molecular weight is 322 g/mol. The van der Waals surface area contributed by atoms with Gasteiger partial charge in [-0.15, -0.1) is 0 Å². The Morgan fingerprint density at radius 2 is 1.95 bits per heavy atom. The molecule has 1 N–H and O–H groups in total. The quantitative estimate of drug-likeness (QED) is 0.874. The summed E-state index contributed by atoms with van der Waals surface area (Å²) in [5.74, 6) is 0.0710. The van der Waals surface area contributed by atoms with Crippen LogP contribution < -0.4 is 10.1 Å². The topological polar surface area (TPSA) is 75.0 Å². The van der Waals surface area contributed by atoms with Crippen LogP contribution in [0.25, 0.3) is 0 Å². The van der Waals surface area contributed by atoms with E-state index in [0.29, 0.717) is 11.4 Å². The summed E-state index contributed by atoms with van der Waals surface area (Å²) in [6.07, 6.45) is 0. The number of aromatic nitrogens is 1. The number of rotatable bonds is 4. The van der Waals surface area contributed by atoms with Gasteiger partial charge in [0.25, 0.3) is 5.91 Å². The molecule has 0 unspecified atom stereocenters. The number of nitrogens with zero attached hydrogens (tertiary/aromatic N) is 2. The van der Waals surface area contributed by atoms with Crippen molar-refractivity contribution in [3.63, 3.8) is 0 Å². The molecule has 106 valence electrons. The lowest BCUT2D eigenvalue weighted by atomic mass is 10.2. The van der Waals surface area contributed by atoms with E-state index in [-0.39, 0.29) is 22.5 Å². The average Bonchev–Trinajstić information content (AvgIpc) is 2.49. The fraction of sp³-hybridized carbons (Fsp3) is 0.0714. The van der Waals surface area contributed by atoms with E-state index in [9.17, 15) is 4.79 Å². The number of halogens is 2. The largest absolute Gasteiger partial charge is 0.479 e. The van der Waals surface area contributed by atoms with E-state index < -0.39 is 5.91 Å². The summed E-state index contributed by atoms with van der Waals surface area (Å²) in [5, 5.41) is 11.5. The third kappa shape index (κ3) is 4.09. The summed E-state index contributed by atoms with van der Waals surface area (Å²) in [6, 6.07) is 11.4. The first kappa shape index (κ1) is 15.1. The molecule has 0 fully saturated rings. The van der Waals surface area contributed by atoms with E-state index >= 15 is 0 Å². The molecule has 0 spiro atoms. The van der Waals surface area contributed by atoms with Crippen molar-refractivity contribution in [2.24, 2.45) is 0 Å². The van der Waals surface area contributed by atoms with Gasteiger partial charge in [0, 0.05) is 5.69 Å². The predicted molar refractivity (Wildman–Crippen MR) is 79.8 cm³/mol. The van der Waals surface area contributed by atoms with Crippen molar-refractivity contribution in [3.8, 4) is 11.8 Å². The number of hydrogen-bond donors (Lipinski definition) is 1. The molecule has 0 saturated carbocycles. The van der Waals surface area contributed by atoms with Gasteiger partial charge in [-0.1, -0.05) is 23.2 Å². The Balaban J connectivity index is 2.09. The number of pyridine rings is 1. The van der Waals surface area contributed by atoms with Gasteiger partial charge in [0.2, 0.25) is 0 Å². The van der Waals surface area contributed by atoms with Crippen LogP contribution in [0.15, 0.2) is 36.4 Å². The number of carbonyl (C=O) groups excluding carboxylic acids is 1. The van der Waals surface area contributed by atoms with E-state index in [1.807, 2.05) is 6.07 Å². The number of nitriles is 1. The van der Waals surface area contributed by atoms with Crippen LogP contribution in [-0.2, 0) is 0 Å². The minimum absolute atomic E-state index is 0.0340. The molecule has 0 radical (unpaired) electrons. The summed E-state index contributed by atoms with van der Waals surface area (Å²) in [4.78, 5) is 15.9. The number of anilines is 1. The van der Waals surface area contributed by atoms with Crippen molar-refractivity contribution in [1.29, 1.82) is 5.26 Å². The van der Waals surface area contributed by atoms with Gasteiger partial charge in [0.15, 0.2) is 6.61 Å². The van der Waals surface area contributed by atoms with Crippen molar-refractivity contribution < 1.29 is 9.53 Å². The van der Waals surface area contributed by atoms with Gasteiger partial charge in [0.05, 0.1) is 5.02 Å². The van der Waals surface area contributed by atoms with E-state index in [0.717, 1.165) is 0 Å². The molecule has 21 heavy (non-hydrogen) atoms. The highest BCUT2D eigenvalue weighted by atomic mass is 35.5. The first-order valence-corrected chi connectivity index (χ1v) is 6.59. The predicted octanol–water partition coefficient (Wildman–Crippen LogP) is 3.54. The van der Waals surface area contributed by atoms with Crippen LogP contribution in [0.2, 0.25) is 10.2 Å². The lowest BCUT2D eigenvalue weighted by molar-refractivity contribution is 0.102. The summed E-state index contributed by atoms with van der Waals surface area (Å²) in [5.41, 5.74) is 0.594. The number of hydrogen-bond acceptors (Lipinski definition) is 4. The first-order chi connectivity index (χ1) is 10.1. The minimum Gasteiger partial charge on any atom is -0.479 e. The Bertz CT molecular complexity index is 696. The molecule has 0 bridgehead atoms. The van der Waals surface area contributed by atoms with Crippen LogP contribution in [0.1, 0.15) is 10.5 Å². The second-order valence-corrected chi connectivity index (χ2v) is 4.68. The fourth-order valence-corrected chi connectivity index (χ4v) is 1.86. The highest BCUT2D eigenvalue weighted by molar-refractivity contribution is 6.35. The lowest BCUT2D eigenvalue weighted by Gasteiger charge is -2.07.